The minimum Gasteiger partial charge on any atom is -0.656 e. The van der Waals surface area contributed by atoms with Crippen LogP contribution in [0.2, 0.25) is 0 Å². The molecule has 0 radical (unpaired) electrons. The van der Waals surface area contributed by atoms with E-state index >= 15 is 0 Å². The topological polar surface area (TPSA) is 70.0 Å². The summed E-state index contributed by atoms with van der Waals surface area (Å²) in [6.07, 6.45) is 6.26. The molecular weight excluding hydrogens is 870 g/mol. The van der Waals surface area contributed by atoms with Gasteiger partial charge in [0.25, 0.3) is 0 Å². The Hall–Kier alpha value is -5.56. The molecule has 6 aromatic rings. The first-order chi connectivity index (χ1) is 28.2. The number of hydrogen-bond acceptors (Lipinski definition) is 6. The van der Waals surface area contributed by atoms with E-state index in [9.17, 15) is 8.42 Å². The van der Waals surface area contributed by atoms with E-state index in [1.807, 2.05) is 54.6 Å². The van der Waals surface area contributed by atoms with Crippen LogP contribution in [0.25, 0.3) is 38.7 Å². The van der Waals surface area contributed by atoms with Crippen molar-refractivity contribution in [2.75, 3.05) is 24.2 Å². The molecule has 7 nitrogen and oxygen atoms in total. The maximum atomic E-state index is 12.2. The summed E-state index contributed by atoms with van der Waals surface area (Å²) in [5.74, 6) is 0. The van der Waals surface area contributed by atoms with E-state index in [0.29, 0.717) is 22.7 Å². The number of para-hydroxylation sites is 2. The number of benzene rings is 6. The van der Waals surface area contributed by atoms with Crippen LogP contribution in [0.1, 0.15) is 15.1 Å². The van der Waals surface area contributed by atoms with E-state index in [1.165, 1.54) is 25.7 Å². The van der Waals surface area contributed by atoms with Gasteiger partial charge in [-0.1, -0.05) is 121 Å². The van der Waals surface area contributed by atoms with Crippen molar-refractivity contribution < 1.29 is 37.7 Å². The van der Waals surface area contributed by atoms with Crippen molar-refractivity contribution in [3.63, 3.8) is 0 Å². The Balaban J connectivity index is 0.000000295. The van der Waals surface area contributed by atoms with Crippen LogP contribution in [0.3, 0.4) is 0 Å². The number of nitrogens with zero attached hydrogens (tertiary/aromatic N) is 4. The molecule has 0 saturated carbocycles. The number of fused-ring (bicyclic) bond motifs is 2. The fraction of sp³-hybridized carbons (Fsp3) is 0.0667. The summed E-state index contributed by atoms with van der Waals surface area (Å²) in [5, 5.41) is 7.44. The molecule has 0 bridgehead atoms. The van der Waals surface area contributed by atoms with Crippen LogP contribution < -0.4 is 10.2 Å². The molecule has 0 aliphatic carbocycles. The van der Waals surface area contributed by atoms with Gasteiger partial charge in [-0.2, -0.15) is 13.3 Å². The number of rotatable bonds is 8. The maximum absolute atomic E-state index is 12.2. The van der Waals surface area contributed by atoms with E-state index < -0.39 is 23.8 Å². The molecule has 0 atom stereocenters. The van der Waals surface area contributed by atoms with Crippen molar-refractivity contribution in [2.45, 2.75) is 16.7 Å². The largest absolute Gasteiger partial charge is 4.00 e. The third kappa shape index (κ3) is 8.31. The fourth-order valence-electron chi connectivity index (χ4n) is 6.14. The van der Waals surface area contributed by atoms with Crippen molar-refractivity contribution in [3.05, 3.63) is 189 Å². The average molecular weight is 915 g/mol. The van der Waals surface area contributed by atoms with Gasteiger partial charge in [-0.3, -0.25) is 0 Å². The van der Waals surface area contributed by atoms with E-state index in [1.54, 1.807) is 72.6 Å². The monoisotopic (exact) mass is 914 g/mol. The third-order valence-electron chi connectivity index (χ3n) is 8.51. The van der Waals surface area contributed by atoms with Gasteiger partial charge in [0.2, 0.25) is 9.84 Å². The van der Waals surface area contributed by atoms with Crippen molar-refractivity contribution in [2.24, 2.45) is 0 Å². The quantitative estimate of drug-likeness (QED) is 0.153. The number of nitrogens with one attached hydrogen (secondary N) is 1. The first kappa shape index (κ1) is 30.9. The van der Waals surface area contributed by atoms with Crippen LogP contribution in [0.4, 0.5) is 22.7 Å². The van der Waals surface area contributed by atoms with Crippen LogP contribution >= 0.6 is 0 Å². The fourth-order valence-corrected chi connectivity index (χ4v) is 7.67. The standard InChI is InChI=1S/C33H31N4.C12H8NO2S.Pt/c1-4-18-35(2)24-34-29-21-28(22-30(23-29)37-20-19-36(3)25-37)33-31(26-12-7-5-8-13-26)16-11-17-32(33)27-14-9-6-10-15-27;14-16(15)11-7-3-1-5-9(11)13-10-6-2-4-8-12(10)16;/h4-22,24-25,34H,1-3H3;1-8H;/q-3;-1;+4/b18-4-;;/i2D3,3D3;;. The zero-order valence-corrected chi connectivity index (χ0v) is 32.2. The summed E-state index contributed by atoms with van der Waals surface area (Å²) in [6.45, 7) is -0.121. The van der Waals surface area contributed by atoms with Gasteiger partial charge in [0.1, 0.15) is 0 Å². The van der Waals surface area contributed by atoms with Crippen LogP contribution in [-0.2, 0) is 30.9 Å². The Morgan fingerprint density at radius 3 is 1.93 bits per heavy atom. The average Bonchev–Trinajstić information content (AvgIpc) is 3.75. The first-order valence-corrected chi connectivity index (χ1v) is 18.3. The summed E-state index contributed by atoms with van der Waals surface area (Å²) in [6, 6.07) is 47.1. The van der Waals surface area contributed by atoms with Crippen molar-refractivity contribution >= 4 is 32.6 Å². The molecule has 0 spiro atoms. The minimum atomic E-state index is -3.40. The minimum absolute atomic E-state index is 0. The molecule has 1 N–H and O–H groups in total. The van der Waals surface area contributed by atoms with Crippen LogP contribution in [0, 0.1) is 19.4 Å². The molecule has 0 saturated heterocycles. The molecular formula is C45H39N5O2PtS. The smallest absolute Gasteiger partial charge is 0.656 e. The predicted octanol–water partition coefficient (Wildman–Crippen LogP) is 11.0. The van der Waals surface area contributed by atoms with Crippen molar-refractivity contribution in [3.8, 4) is 33.4 Å². The Kier molecular flexibility index (Phi) is 9.75. The van der Waals surface area contributed by atoms with E-state index in [2.05, 4.69) is 53.1 Å². The summed E-state index contributed by atoms with van der Waals surface area (Å²) in [4.78, 5) is 4.52. The molecule has 2 aliphatic heterocycles. The molecule has 0 amide bonds. The maximum Gasteiger partial charge on any atom is 4.00 e. The molecule has 0 aromatic heterocycles. The van der Waals surface area contributed by atoms with Gasteiger partial charge in [-0.25, -0.2) is 8.42 Å². The van der Waals surface area contributed by atoms with Crippen LogP contribution in [-0.4, -0.2) is 32.2 Å². The molecule has 8 rings (SSSR count). The second-order valence-corrected chi connectivity index (χ2v) is 14.0. The first-order valence-electron chi connectivity index (χ1n) is 19.8. The van der Waals surface area contributed by atoms with Gasteiger partial charge >= 0.3 is 21.1 Å². The normalized spacial score (nSPS) is 15.6. The molecule has 272 valence electrons. The molecule has 6 aromatic carbocycles. The SMILES string of the molecule is O=S1(=O)c2ccccc2[N-]c2ccccc21.[2H]C([2H])([2H])N1C=CN(c2[c-]c(N[CH-]N(/C=C\C)C([2H])([2H])[2H])cc(-c3c(-c4ccccc4)cccc3-c3ccccc3)c2)[CH-]1.[Pt+4]. The number of anilines is 2. The van der Waals surface area contributed by atoms with Gasteiger partial charge in [0.15, 0.2) is 0 Å². The van der Waals surface area contributed by atoms with Crippen molar-refractivity contribution in [1.82, 2.24) is 9.80 Å². The van der Waals surface area contributed by atoms with Gasteiger partial charge in [0, 0.05) is 8.22 Å². The number of hydrogen-bond donors (Lipinski definition) is 1. The Morgan fingerprint density at radius 2 is 1.37 bits per heavy atom. The van der Waals surface area contributed by atoms with E-state index in [0.717, 1.165) is 43.2 Å². The summed E-state index contributed by atoms with van der Waals surface area (Å²) >= 11 is 0. The Labute approximate surface area is 341 Å². The molecule has 0 fully saturated rings. The molecule has 0 unspecified atom stereocenters. The van der Waals surface area contributed by atoms with E-state index in [-0.39, 0.29) is 30.9 Å². The molecule has 9 heteroatoms. The summed E-state index contributed by atoms with van der Waals surface area (Å²) < 4.78 is 71.6. The molecule has 54 heavy (non-hydrogen) atoms. The third-order valence-corrected chi connectivity index (χ3v) is 10.4. The Bertz CT molecular complexity index is 2500. The summed E-state index contributed by atoms with van der Waals surface area (Å²) in [5.41, 5.74) is 8.00. The van der Waals surface area contributed by atoms with E-state index in [4.69, 9.17) is 8.22 Å². The Morgan fingerprint density at radius 1 is 0.778 bits per heavy atom. The van der Waals surface area contributed by atoms with Gasteiger partial charge in [0.05, 0.1) is 9.79 Å². The van der Waals surface area contributed by atoms with Gasteiger partial charge < -0.3 is 25.3 Å². The second-order valence-electron chi connectivity index (χ2n) is 12.1. The van der Waals surface area contributed by atoms with Gasteiger partial charge in [-0.05, 0) is 79.4 Å². The number of allylic oxidation sites excluding steroid dienone is 1. The molecule has 2 heterocycles. The number of sulfone groups is 1. The summed E-state index contributed by atoms with van der Waals surface area (Å²) in [7, 11) is -3.40. The van der Waals surface area contributed by atoms with Gasteiger partial charge in [-0.15, -0.1) is 46.5 Å². The van der Waals surface area contributed by atoms with Crippen LogP contribution in [0.15, 0.2) is 174 Å². The zero-order valence-electron chi connectivity index (χ0n) is 35.1. The molecule has 2 aliphatic rings. The second kappa shape index (κ2) is 17.1. The predicted molar refractivity (Wildman–Crippen MR) is 217 cm³/mol. The van der Waals surface area contributed by atoms with Crippen molar-refractivity contribution in [1.29, 1.82) is 0 Å². The van der Waals surface area contributed by atoms with Crippen LogP contribution in [0.5, 0.6) is 0 Å². The zero-order chi connectivity index (χ0) is 41.8.